The first-order valence-electron chi connectivity index (χ1n) is 11.2. The molecule has 34 heavy (non-hydrogen) atoms. The van der Waals surface area contributed by atoms with Gasteiger partial charge in [-0.25, -0.2) is 4.21 Å². The predicted octanol–water partition coefficient (Wildman–Crippen LogP) is 6.69. The lowest BCUT2D eigenvalue weighted by Crippen LogP contribution is -2.19. The summed E-state index contributed by atoms with van der Waals surface area (Å²) in [4.78, 5) is 17.2. The molecule has 1 N–H and O–H groups in total. The van der Waals surface area contributed by atoms with E-state index in [2.05, 4.69) is 24.1 Å². The second-order valence-electron chi connectivity index (χ2n) is 7.88. The quantitative estimate of drug-likeness (QED) is 0.342. The van der Waals surface area contributed by atoms with E-state index in [9.17, 15) is 9.00 Å². The highest BCUT2D eigenvalue weighted by Crippen LogP contribution is 2.34. The molecule has 4 aromatic rings. The number of aromatic nitrogens is 1. The molecule has 3 heterocycles. The Hall–Kier alpha value is -3.16. The van der Waals surface area contributed by atoms with Gasteiger partial charge in [0.15, 0.2) is 0 Å². The first-order valence-corrected chi connectivity index (χ1v) is 12.9. The number of anilines is 2. The van der Waals surface area contributed by atoms with Crippen LogP contribution in [-0.2, 0) is 11.0 Å². The van der Waals surface area contributed by atoms with E-state index in [1.54, 1.807) is 48.9 Å². The largest absolute Gasteiger partial charge is 0.464 e. The van der Waals surface area contributed by atoms with Crippen LogP contribution >= 0.6 is 11.6 Å². The molecule has 0 aliphatic carbocycles. The highest BCUT2D eigenvalue weighted by atomic mass is 35.5. The van der Waals surface area contributed by atoms with E-state index < -0.39 is 11.0 Å². The molecule has 1 unspecified atom stereocenters. The van der Waals surface area contributed by atoms with E-state index in [0.717, 1.165) is 29.6 Å². The van der Waals surface area contributed by atoms with Crippen molar-refractivity contribution in [1.82, 2.24) is 4.98 Å². The second kappa shape index (κ2) is 10.8. The Morgan fingerprint density at radius 3 is 2.62 bits per heavy atom. The zero-order valence-electron chi connectivity index (χ0n) is 19.1. The first kappa shape index (κ1) is 24.0. The number of halogens is 1. The van der Waals surface area contributed by atoms with Crippen LogP contribution in [0.3, 0.4) is 0 Å². The minimum atomic E-state index is -0.983. The van der Waals surface area contributed by atoms with Crippen molar-refractivity contribution in [1.29, 1.82) is 0 Å². The van der Waals surface area contributed by atoms with Gasteiger partial charge in [0.05, 0.1) is 17.0 Å². The van der Waals surface area contributed by atoms with Gasteiger partial charge < -0.3 is 9.73 Å². The highest BCUT2D eigenvalue weighted by Gasteiger charge is 2.20. The van der Waals surface area contributed by atoms with E-state index in [-0.39, 0.29) is 5.91 Å². The summed E-state index contributed by atoms with van der Waals surface area (Å²) in [5, 5.41) is 4.29. The Balaban J connectivity index is 0.000000868. The molecular weight excluding hydrogens is 470 g/mol. The summed E-state index contributed by atoms with van der Waals surface area (Å²) in [5.74, 6) is 0.444. The van der Waals surface area contributed by atoms with Crippen molar-refractivity contribution in [2.24, 2.45) is 0 Å². The van der Waals surface area contributed by atoms with Crippen LogP contribution in [0.15, 0.2) is 71.5 Å². The average Bonchev–Trinajstić information content (AvgIpc) is 3.50. The Morgan fingerprint density at radius 1 is 1.15 bits per heavy atom. The Labute approximate surface area is 206 Å². The van der Waals surface area contributed by atoms with Crippen molar-refractivity contribution >= 4 is 50.8 Å². The molecule has 0 spiro atoms. The van der Waals surface area contributed by atoms with Crippen LogP contribution < -0.4 is 9.62 Å². The van der Waals surface area contributed by atoms with Gasteiger partial charge >= 0.3 is 0 Å². The number of amides is 1. The summed E-state index contributed by atoms with van der Waals surface area (Å²) in [7, 11) is -0.983. The molecule has 1 fully saturated rings. The van der Waals surface area contributed by atoms with Gasteiger partial charge in [-0.05, 0) is 61.0 Å². The van der Waals surface area contributed by atoms with E-state index >= 15 is 0 Å². The number of hydrogen-bond donors (Lipinski definition) is 1. The standard InChI is InChI=1S/C23H18ClN3O3S.C3H8/c24-20-7-4-16(14-19(20)22-18-9-12-30-21(18)8-10-25-22)26-23(28)15-2-5-17(6-3-15)27-11-1-13-31(27)29;1-3-2/h2-10,12,14H,1,11,13H2,(H,26,28);3H2,1-2H3. The number of nitrogens with one attached hydrogen (secondary N) is 1. The molecule has 1 aliphatic heterocycles. The molecule has 0 radical (unpaired) electrons. The summed E-state index contributed by atoms with van der Waals surface area (Å²) in [6.45, 7) is 5.02. The molecule has 0 bridgehead atoms. The van der Waals surface area contributed by atoms with E-state index in [0.29, 0.717) is 33.3 Å². The summed E-state index contributed by atoms with van der Waals surface area (Å²) in [6, 6.07) is 16.1. The van der Waals surface area contributed by atoms with Gasteiger partial charge in [0, 0.05) is 46.4 Å². The topological polar surface area (TPSA) is 75.4 Å². The molecule has 8 heteroatoms. The van der Waals surface area contributed by atoms with Crippen LogP contribution in [0.1, 0.15) is 37.0 Å². The molecule has 2 aromatic heterocycles. The zero-order chi connectivity index (χ0) is 24.1. The van der Waals surface area contributed by atoms with Gasteiger partial charge in [-0.1, -0.05) is 31.9 Å². The lowest BCUT2D eigenvalue weighted by Gasteiger charge is -2.16. The van der Waals surface area contributed by atoms with Crippen LogP contribution in [-0.4, -0.2) is 27.4 Å². The third-order valence-electron chi connectivity index (χ3n) is 5.20. The first-order chi connectivity index (χ1) is 16.5. The molecular formula is C26H26ClN3O3S. The van der Waals surface area contributed by atoms with Crippen molar-refractivity contribution in [3.05, 3.63) is 77.6 Å². The van der Waals surface area contributed by atoms with Gasteiger partial charge in [-0.2, -0.15) is 0 Å². The van der Waals surface area contributed by atoms with Crippen molar-refractivity contribution in [2.45, 2.75) is 26.7 Å². The number of hydrogen-bond acceptors (Lipinski definition) is 4. The lowest BCUT2D eigenvalue weighted by atomic mass is 10.1. The summed E-state index contributed by atoms with van der Waals surface area (Å²) >= 11 is 6.43. The number of rotatable bonds is 4. The monoisotopic (exact) mass is 495 g/mol. The van der Waals surface area contributed by atoms with E-state index in [1.165, 1.54) is 6.42 Å². The molecule has 6 nitrogen and oxygen atoms in total. The summed E-state index contributed by atoms with van der Waals surface area (Å²) in [6.07, 6.45) is 5.43. The van der Waals surface area contributed by atoms with Crippen LogP contribution in [0.4, 0.5) is 11.4 Å². The van der Waals surface area contributed by atoms with Crippen LogP contribution in [0.5, 0.6) is 0 Å². The fraction of sp³-hybridized carbons (Fsp3) is 0.231. The number of furan rings is 1. The second-order valence-corrected chi connectivity index (χ2v) is 9.78. The number of nitrogens with zero attached hydrogens (tertiary/aromatic N) is 2. The van der Waals surface area contributed by atoms with Crippen LogP contribution in [0.2, 0.25) is 5.02 Å². The van der Waals surface area contributed by atoms with Crippen molar-refractivity contribution < 1.29 is 13.4 Å². The van der Waals surface area contributed by atoms with Gasteiger partial charge in [-0.3, -0.25) is 14.1 Å². The molecule has 0 saturated carbocycles. The molecule has 2 aromatic carbocycles. The maximum absolute atomic E-state index is 12.8. The van der Waals surface area contributed by atoms with Crippen molar-refractivity contribution in [2.75, 3.05) is 21.9 Å². The fourth-order valence-electron chi connectivity index (χ4n) is 3.67. The van der Waals surface area contributed by atoms with Gasteiger partial charge in [0.2, 0.25) is 0 Å². The SMILES string of the molecule is CCC.O=C(Nc1ccc(Cl)c(-c2nccc3occc23)c1)c1ccc(N2CCCS2=O)cc1. The number of carbonyl (C=O) groups excluding carboxylic acids is 1. The molecule has 1 aliphatic rings. The summed E-state index contributed by atoms with van der Waals surface area (Å²) in [5.41, 5.74) is 4.10. The zero-order valence-corrected chi connectivity index (χ0v) is 20.7. The van der Waals surface area contributed by atoms with Crippen LogP contribution in [0, 0.1) is 0 Å². The highest BCUT2D eigenvalue weighted by molar-refractivity contribution is 7.86. The molecule has 1 saturated heterocycles. The fourth-order valence-corrected chi connectivity index (χ4v) is 5.16. The lowest BCUT2D eigenvalue weighted by molar-refractivity contribution is 0.102. The summed E-state index contributed by atoms with van der Waals surface area (Å²) < 4.78 is 19.3. The molecule has 5 rings (SSSR count). The average molecular weight is 496 g/mol. The van der Waals surface area contributed by atoms with Crippen molar-refractivity contribution in [3.8, 4) is 11.3 Å². The Kier molecular flexibility index (Phi) is 7.65. The van der Waals surface area contributed by atoms with Gasteiger partial charge in [0.1, 0.15) is 16.6 Å². The van der Waals surface area contributed by atoms with E-state index in [1.807, 2.05) is 22.5 Å². The maximum atomic E-state index is 12.8. The minimum Gasteiger partial charge on any atom is -0.464 e. The van der Waals surface area contributed by atoms with E-state index in [4.69, 9.17) is 16.0 Å². The number of benzene rings is 2. The molecule has 1 atom stereocenters. The van der Waals surface area contributed by atoms with Gasteiger partial charge in [0.25, 0.3) is 5.91 Å². The smallest absolute Gasteiger partial charge is 0.255 e. The normalized spacial score (nSPS) is 15.1. The number of fused-ring (bicyclic) bond motifs is 1. The molecule has 1 amide bonds. The Bertz CT molecular complexity index is 1320. The van der Waals surface area contributed by atoms with Crippen molar-refractivity contribution in [3.63, 3.8) is 0 Å². The number of pyridine rings is 1. The minimum absolute atomic E-state index is 0.239. The third-order valence-corrected chi connectivity index (χ3v) is 7.06. The van der Waals surface area contributed by atoms with Crippen LogP contribution in [0.25, 0.3) is 22.2 Å². The third kappa shape index (κ3) is 5.16. The molecule has 176 valence electrons. The predicted molar refractivity (Wildman–Crippen MR) is 140 cm³/mol. The Morgan fingerprint density at radius 2 is 1.91 bits per heavy atom. The maximum Gasteiger partial charge on any atom is 0.255 e. The van der Waals surface area contributed by atoms with Gasteiger partial charge in [-0.15, -0.1) is 0 Å². The number of carbonyl (C=O) groups is 1.